The molecular formula is C26H34N4O3. The zero-order valence-electron chi connectivity index (χ0n) is 19.9. The lowest BCUT2D eigenvalue weighted by Crippen LogP contribution is -2.33. The van der Waals surface area contributed by atoms with Crippen LogP contribution in [0, 0.1) is 11.8 Å². The zero-order valence-corrected chi connectivity index (χ0v) is 19.9. The van der Waals surface area contributed by atoms with Crippen molar-refractivity contribution in [1.29, 1.82) is 0 Å². The van der Waals surface area contributed by atoms with Gasteiger partial charge in [0, 0.05) is 49.0 Å². The van der Waals surface area contributed by atoms with Gasteiger partial charge in [-0.15, -0.1) is 0 Å². The lowest BCUT2D eigenvalue weighted by atomic mass is 9.92. The highest BCUT2D eigenvalue weighted by Crippen LogP contribution is 2.31. The Kier molecular flexibility index (Phi) is 7.12. The maximum absolute atomic E-state index is 12.9. The monoisotopic (exact) mass is 450 g/mol. The van der Waals surface area contributed by atoms with Crippen LogP contribution in [0.25, 0.3) is 22.2 Å². The maximum atomic E-state index is 12.9. The van der Waals surface area contributed by atoms with Crippen LogP contribution in [0.2, 0.25) is 0 Å². The van der Waals surface area contributed by atoms with Gasteiger partial charge in [0.25, 0.3) is 5.91 Å². The predicted molar refractivity (Wildman–Crippen MR) is 130 cm³/mol. The number of aliphatic hydroxyl groups excluding tert-OH is 1. The molecule has 0 radical (unpaired) electrons. The van der Waals surface area contributed by atoms with Crippen LogP contribution in [-0.4, -0.2) is 59.7 Å². The minimum absolute atomic E-state index is 0.0300. The van der Waals surface area contributed by atoms with E-state index in [0.29, 0.717) is 24.4 Å². The SMILES string of the molecule is CC(C)C(CO)CNC(=O)c1c[nH]c2ncc(-c3cc4c(c(CN(C)C)c3)COCC4)cc12. The molecule has 1 aliphatic heterocycles. The Hall–Kier alpha value is -2.74. The fraction of sp³-hybridized carbons (Fsp3) is 0.462. The molecule has 3 N–H and O–H groups in total. The van der Waals surface area contributed by atoms with Gasteiger partial charge in [0.15, 0.2) is 0 Å². The van der Waals surface area contributed by atoms with E-state index in [1.807, 2.05) is 26.1 Å². The number of aromatic amines is 1. The number of rotatable bonds is 8. The van der Waals surface area contributed by atoms with Crippen molar-refractivity contribution in [3.05, 3.63) is 52.8 Å². The summed E-state index contributed by atoms with van der Waals surface area (Å²) in [4.78, 5) is 22.8. The Morgan fingerprint density at radius 2 is 2.09 bits per heavy atom. The first kappa shape index (κ1) is 23.4. The van der Waals surface area contributed by atoms with E-state index >= 15 is 0 Å². The first-order valence-electron chi connectivity index (χ1n) is 11.6. The zero-order chi connectivity index (χ0) is 23.5. The molecule has 33 heavy (non-hydrogen) atoms. The second kappa shape index (κ2) is 10.0. The van der Waals surface area contributed by atoms with Crippen LogP contribution in [0.1, 0.15) is 40.9 Å². The minimum Gasteiger partial charge on any atom is -0.396 e. The van der Waals surface area contributed by atoms with Gasteiger partial charge in [-0.05, 0) is 60.8 Å². The molecule has 0 aliphatic carbocycles. The van der Waals surface area contributed by atoms with Crippen LogP contribution < -0.4 is 5.32 Å². The summed E-state index contributed by atoms with van der Waals surface area (Å²) in [6.45, 7) is 6.82. The second-order valence-corrected chi connectivity index (χ2v) is 9.53. The van der Waals surface area contributed by atoms with E-state index in [0.717, 1.165) is 36.1 Å². The van der Waals surface area contributed by atoms with Crippen molar-refractivity contribution in [2.45, 2.75) is 33.4 Å². The largest absolute Gasteiger partial charge is 0.396 e. The van der Waals surface area contributed by atoms with Gasteiger partial charge >= 0.3 is 0 Å². The number of fused-ring (bicyclic) bond motifs is 2. The number of ether oxygens (including phenoxy) is 1. The molecule has 1 unspecified atom stereocenters. The van der Waals surface area contributed by atoms with Crippen molar-refractivity contribution in [3.8, 4) is 11.1 Å². The van der Waals surface area contributed by atoms with Crippen molar-refractivity contribution in [2.75, 3.05) is 33.9 Å². The molecule has 0 fully saturated rings. The molecule has 1 aliphatic rings. The number of pyridine rings is 1. The molecule has 176 valence electrons. The molecule has 2 aromatic heterocycles. The predicted octanol–water partition coefficient (Wildman–Crippen LogP) is 3.36. The maximum Gasteiger partial charge on any atom is 0.253 e. The van der Waals surface area contributed by atoms with Crippen LogP contribution >= 0.6 is 0 Å². The fourth-order valence-electron chi connectivity index (χ4n) is 4.39. The average Bonchev–Trinajstić information content (AvgIpc) is 3.22. The number of amides is 1. The number of aliphatic hydroxyl groups is 1. The Morgan fingerprint density at radius 3 is 2.82 bits per heavy atom. The van der Waals surface area contributed by atoms with E-state index in [9.17, 15) is 9.90 Å². The Morgan fingerprint density at radius 1 is 1.27 bits per heavy atom. The molecule has 1 amide bonds. The summed E-state index contributed by atoms with van der Waals surface area (Å²) in [5, 5.41) is 13.3. The highest BCUT2D eigenvalue weighted by atomic mass is 16.5. The molecule has 0 bridgehead atoms. The third-order valence-electron chi connectivity index (χ3n) is 6.49. The number of carbonyl (C=O) groups is 1. The third kappa shape index (κ3) is 5.11. The first-order valence-corrected chi connectivity index (χ1v) is 11.6. The number of H-pyrrole nitrogens is 1. The number of aromatic nitrogens is 2. The van der Waals surface area contributed by atoms with Crippen LogP contribution in [0.5, 0.6) is 0 Å². The van der Waals surface area contributed by atoms with Crippen LogP contribution in [0.15, 0.2) is 30.6 Å². The molecule has 1 aromatic carbocycles. The summed E-state index contributed by atoms with van der Waals surface area (Å²) in [5.74, 6) is 0.162. The Bertz CT molecular complexity index is 1140. The number of nitrogens with zero attached hydrogens (tertiary/aromatic N) is 2. The molecule has 7 heteroatoms. The van der Waals surface area contributed by atoms with Gasteiger partial charge in [0.05, 0.1) is 18.8 Å². The third-order valence-corrected chi connectivity index (χ3v) is 6.49. The average molecular weight is 451 g/mol. The Labute approximate surface area is 195 Å². The fourth-order valence-corrected chi connectivity index (χ4v) is 4.39. The van der Waals surface area contributed by atoms with E-state index < -0.39 is 0 Å². The normalized spacial score (nSPS) is 14.6. The summed E-state index contributed by atoms with van der Waals surface area (Å²) in [7, 11) is 4.14. The lowest BCUT2D eigenvalue weighted by Gasteiger charge is -2.23. The summed E-state index contributed by atoms with van der Waals surface area (Å²) < 4.78 is 5.72. The van der Waals surface area contributed by atoms with Crippen LogP contribution in [0.4, 0.5) is 0 Å². The minimum atomic E-state index is -0.157. The quantitative estimate of drug-likeness (QED) is 0.490. The molecule has 3 aromatic rings. The number of hydrogen-bond donors (Lipinski definition) is 3. The van der Waals surface area contributed by atoms with E-state index in [2.05, 4.69) is 46.4 Å². The van der Waals surface area contributed by atoms with E-state index in [1.165, 1.54) is 16.7 Å². The molecule has 0 saturated heterocycles. The summed E-state index contributed by atoms with van der Waals surface area (Å²) >= 11 is 0. The van der Waals surface area contributed by atoms with Gasteiger partial charge < -0.3 is 25.0 Å². The van der Waals surface area contributed by atoms with Crippen molar-refractivity contribution in [1.82, 2.24) is 20.2 Å². The number of benzene rings is 1. The van der Waals surface area contributed by atoms with Gasteiger partial charge in [-0.2, -0.15) is 0 Å². The van der Waals surface area contributed by atoms with Gasteiger partial charge in [-0.25, -0.2) is 4.98 Å². The molecule has 1 atom stereocenters. The Balaban J connectivity index is 1.67. The van der Waals surface area contributed by atoms with Gasteiger partial charge in [0.2, 0.25) is 0 Å². The van der Waals surface area contributed by atoms with Crippen molar-refractivity contribution in [2.24, 2.45) is 11.8 Å². The number of hydrogen-bond acceptors (Lipinski definition) is 5. The van der Waals surface area contributed by atoms with Crippen molar-refractivity contribution in [3.63, 3.8) is 0 Å². The summed E-state index contributed by atoms with van der Waals surface area (Å²) in [5.41, 5.74) is 7.23. The highest BCUT2D eigenvalue weighted by molar-refractivity contribution is 6.06. The van der Waals surface area contributed by atoms with Gasteiger partial charge in [-0.1, -0.05) is 19.9 Å². The smallest absolute Gasteiger partial charge is 0.253 e. The van der Waals surface area contributed by atoms with Crippen LogP contribution in [-0.2, 0) is 24.3 Å². The van der Waals surface area contributed by atoms with Crippen LogP contribution in [0.3, 0.4) is 0 Å². The highest BCUT2D eigenvalue weighted by Gasteiger charge is 2.19. The second-order valence-electron chi connectivity index (χ2n) is 9.53. The standard InChI is InChI=1S/C26H34N4O3/c1-16(2)21(14-31)11-29-26(32)23-12-28-25-22(23)9-19(10-27-25)18-7-17-5-6-33-15-24(17)20(8-18)13-30(3)4/h7-10,12,16,21,31H,5-6,11,13-15H2,1-4H3,(H,27,28)(H,29,32). The van der Waals surface area contributed by atoms with E-state index in [-0.39, 0.29) is 24.3 Å². The number of nitrogens with one attached hydrogen (secondary N) is 2. The lowest BCUT2D eigenvalue weighted by molar-refractivity contribution is 0.0933. The van der Waals surface area contributed by atoms with Gasteiger partial charge in [-0.3, -0.25) is 4.79 Å². The molecule has 3 heterocycles. The number of carbonyl (C=O) groups excluding carboxylic acids is 1. The van der Waals surface area contributed by atoms with Gasteiger partial charge in [0.1, 0.15) is 5.65 Å². The van der Waals surface area contributed by atoms with E-state index in [1.54, 1.807) is 6.20 Å². The summed E-state index contributed by atoms with van der Waals surface area (Å²) in [6, 6.07) is 6.50. The summed E-state index contributed by atoms with van der Waals surface area (Å²) in [6.07, 6.45) is 4.47. The molecule has 7 nitrogen and oxygen atoms in total. The molecule has 0 saturated carbocycles. The topological polar surface area (TPSA) is 90.5 Å². The molecule has 4 rings (SSSR count). The van der Waals surface area contributed by atoms with Crippen molar-refractivity contribution >= 4 is 16.9 Å². The van der Waals surface area contributed by atoms with E-state index in [4.69, 9.17) is 4.74 Å². The van der Waals surface area contributed by atoms with Crippen molar-refractivity contribution < 1.29 is 14.6 Å². The molecular weight excluding hydrogens is 416 g/mol. The molecule has 0 spiro atoms. The first-order chi connectivity index (χ1) is 15.9.